The summed E-state index contributed by atoms with van der Waals surface area (Å²) in [5.41, 5.74) is 7.83. The highest BCUT2D eigenvalue weighted by Crippen LogP contribution is 2.19. The number of nitrogens with one attached hydrogen (secondary N) is 1. The Morgan fingerprint density at radius 3 is 2.48 bits per heavy atom. The molecule has 118 valence electrons. The first kappa shape index (κ1) is 17.5. The van der Waals surface area contributed by atoms with Crippen molar-refractivity contribution in [3.63, 3.8) is 0 Å². The molecule has 1 aromatic carbocycles. The summed E-state index contributed by atoms with van der Waals surface area (Å²) in [6, 6.07) is 8.22. The molecular formula is C16H27N3O2. The van der Waals surface area contributed by atoms with Crippen LogP contribution in [0, 0.1) is 0 Å². The van der Waals surface area contributed by atoms with Crippen molar-refractivity contribution in [2.45, 2.75) is 38.6 Å². The molecule has 0 bridgehead atoms. The van der Waals surface area contributed by atoms with E-state index in [2.05, 4.69) is 17.1 Å². The molecule has 0 aliphatic carbocycles. The summed E-state index contributed by atoms with van der Waals surface area (Å²) in [5.74, 6) is 0.0191. The average Bonchev–Trinajstić information content (AvgIpc) is 2.48. The van der Waals surface area contributed by atoms with E-state index in [1.165, 1.54) is 5.69 Å². The molecule has 0 spiro atoms. The van der Waals surface area contributed by atoms with Crippen LogP contribution in [0.25, 0.3) is 0 Å². The van der Waals surface area contributed by atoms with Gasteiger partial charge in [-0.3, -0.25) is 4.79 Å². The number of anilines is 1. The lowest BCUT2D eigenvalue weighted by atomic mass is 10.0. The van der Waals surface area contributed by atoms with Gasteiger partial charge >= 0.3 is 0 Å². The summed E-state index contributed by atoms with van der Waals surface area (Å²) in [6.07, 6.45) is 4.20. The van der Waals surface area contributed by atoms with E-state index in [1.54, 1.807) is 0 Å². The van der Waals surface area contributed by atoms with E-state index in [0.29, 0.717) is 6.04 Å². The molecule has 1 aliphatic heterocycles. The summed E-state index contributed by atoms with van der Waals surface area (Å²) in [5, 5.41) is 2.94. The molecule has 1 fully saturated rings. The van der Waals surface area contributed by atoms with Gasteiger partial charge in [-0.25, -0.2) is 0 Å². The Morgan fingerprint density at radius 2 is 1.90 bits per heavy atom. The minimum atomic E-state index is 0. The standard InChI is InChI=1S/C16H25N3O.H2O/c1-2-3-10-18-16(20)13-4-6-15(7-5-13)19-11-8-14(17)9-12-19;/h4-7,14H,2-3,8-12,17H2,1H3,(H,18,20);1H2. The minimum absolute atomic E-state index is 0. The maximum Gasteiger partial charge on any atom is 0.251 e. The van der Waals surface area contributed by atoms with Crippen LogP contribution in [0.3, 0.4) is 0 Å². The molecule has 0 saturated carbocycles. The molecule has 21 heavy (non-hydrogen) atoms. The lowest BCUT2D eigenvalue weighted by Gasteiger charge is -2.32. The largest absolute Gasteiger partial charge is 0.412 e. The number of hydrogen-bond acceptors (Lipinski definition) is 3. The Bertz CT molecular complexity index is 426. The Labute approximate surface area is 126 Å². The number of unbranched alkanes of at least 4 members (excludes halogenated alkanes) is 1. The molecule has 1 amide bonds. The summed E-state index contributed by atoms with van der Waals surface area (Å²) >= 11 is 0. The molecule has 5 N–H and O–H groups in total. The zero-order valence-electron chi connectivity index (χ0n) is 12.8. The van der Waals surface area contributed by atoms with E-state index in [9.17, 15) is 4.79 Å². The van der Waals surface area contributed by atoms with E-state index >= 15 is 0 Å². The fraction of sp³-hybridized carbons (Fsp3) is 0.562. The third-order valence-electron chi connectivity index (χ3n) is 3.85. The molecule has 2 rings (SSSR count). The lowest BCUT2D eigenvalue weighted by Crippen LogP contribution is -2.39. The average molecular weight is 293 g/mol. The van der Waals surface area contributed by atoms with E-state index in [1.807, 2.05) is 24.3 Å². The molecule has 1 aromatic rings. The van der Waals surface area contributed by atoms with Gasteiger partial charge in [0.1, 0.15) is 0 Å². The number of nitrogens with zero attached hydrogens (tertiary/aromatic N) is 1. The Balaban J connectivity index is 0.00000220. The Hall–Kier alpha value is -1.59. The number of carbonyl (C=O) groups excluding carboxylic acids is 1. The van der Waals surface area contributed by atoms with Crippen LogP contribution in [0.15, 0.2) is 24.3 Å². The van der Waals surface area contributed by atoms with Gasteiger partial charge in [0.2, 0.25) is 0 Å². The van der Waals surface area contributed by atoms with Crippen LogP contribution >= 0.6 is 0 Å². The van der Waals surface area contributed by atoms with Crippen molar-refractivity contribution in [3.05, 3.63) is 29.8 Å². The maximum absolute atomic E-state index is 11.9. The fourth-order valence-corrected chi connectivity index (χ4v) is 2.46. The lowest BCUT2D eigenvalue weighted by molar-refractivity contribution is 0.0953. The van der Waals surface area contributed by atoms with Gasteiger partial charge in [-0.2, -0.15) is 0 Å². The topological polar surface area (TPSA) is 89.9 Å². The molecule has 0 unspecified atom stereocenters. The smallest absolute Gasteiger partial charge is 0.251 e. The second-order valence-corrected chi connectivity index (χ2v) is 5.48. The summed E-state index contributed by atoms with van der Waals surface area (Å²) < 4.78 is 0. The summed E-state index contributed by atoms with van der Waals surface area (Å²) in [6.45, 7) is 4.87. The first-order valence-electron chi connectivity index (χ1n) is 7.59. The fourth-order valence-electron chi connectivity index (χ4n) is 2.46. The maximum atomic E-state index is 11.9. The van der Waals surface area contributed by atoms with Gasteiger partial charge in [0, 0.05) is 36.9 Å². The summed E-state index contributed by atoms with van der Waals surface area (Å²) in [7, 11) is 0. The van der Waals surface area contributed by atoms with Crippen molar-refractivity contribution in [1.82, 2.24) is 5.32 Å². The molecule has 5 heteroatoms. The first-order chi connectivity index (χ1) is 9.70. The number of benzene rings is 1. The number of piperidine rings is 1. The van der Waals surface area contributed by atoms with Crippen LogP contribution in [0.2, 0.25) is 0 Å². The van der Waals surface area contributed by atoms with E-state index in [0.717, 1.165) is 50.9 Å². The number of nitrogens with two attached hydrogens (primary N) is 1. The van der Waals surface area contributed by atoms with Gasteiger partial charge < -0.3 is 21.4 Å². The predicted molar refractivity (Wildman–Crippen MR) is 86.7 cm³/mol. The Morgan fingerprint density at radius 1 is 1.29 bits per heavy atom. The zero-order valence-corrected chi connectivity index (χ0v) is 12.8. The molecule has 0 aromatic heterocycles. The third kappa shape index (κ3) is 5.02. The van der Waals surface area contributed by atoms with Crippen molar-refractivity contribution >= 4 is 11.6 Å². The normalized spacial score (nSPS) is 15.4. The minimum Gasteiger partial charge on any atom is -0.412 e. The molecule has 1 aliphatic rings. The highest BCUT2D eigenvalue weighted by molar-refractivity contribution is 5.94. The number of carbonyl (C=O) groups is 1. The number of rotatable bonds is 5. The molecule has 1 saturated heterocycles. The van der Waals surface area contributed by atoms with Gasteiger partial charge in [0.05, 0.1) is 0 Å². The number of hydrogen-bond donors (Lipinski definition) is 2. The van der Waals surface area contributed by atoms with Gasteiger partial charge in [-0.05, 0) is 43.5 Å². The van der Waals surface area contributed by atoms with Crippen LogP contribution in [0.5, 0.6) is 0 Å². The van der Waals surface area contributed by atoms with E-state index in [-0.39, 0.29) is 11.4 Å². The van der Waals surface area contributed by atoms with Crippen molar-refractivity contribution in [2.75, 3.05) is 24.5 Å². The van der Waals surface area contributed by atoms with Crippen LogP contribution in [0.4, 0.5) is 5.69 Å². The van der Waals surface area contributed by atoms with Gasteiger partial charge in [0.25, 0.3) is 5.91 Å². The zero-order chi connectivity index (χ0) is 14.4. The van der Waals surface area contributed by atoms with Crippen molar-refractivity contribution in [2.24, 2.45) is 5.73 Å². The SMILES string of the molecule is CCCCNC(=O)c1ccc(N2CCC(N)CC2)cc1.O. The Kier molecular flexibility index (Phi) is 7.19. The van der Waals surface area contributed by atoms with Crippen molar-refractivity contribution in [3.8, 4) is 0 Å². The monoisotopic (exact) mass is 293 g/mol. The van der Waals surface area contributed by atoms with Crippen LogP contribution < -0.4 is 16.0 Å². The molecule has 0 atom stereocenters. The highest BCUT2D eigenvalue weighted by Gasteiger charge is 2.16. The van der Waals surface area contributed by atoms with Gasteiger partial charge in [-0.15, -0.1) is 0 Å². The second kappa shape index (κ2) is 8.64. The quantitative estimate of drug-likeness (QED) is 0.802. The van der Waals surface area contributed by atoms with Crippen molar-refractivity contribution < 1.29 is 10.3 Å². The van der Waals surface area contributed by atoms with E-state index < -0.39 is 0 Å². The van der Waals surface area contributed by atoms with Crippen LogP contribution in [-0.2, 0) is 0 Å². The molecule has 5 nitrogen and oxygen atoms in total. The van der Waals surface area contributed by atoms with Crippen LogP contribution in [0.1, 0.15) is 43.0 Å². The first-order valence-corrected chi connectivity index (χ1v) is 7.59. The predicted octanol–water partition coefficient (Wildman–Crippen LogP) is 1.32. The molecule has 1 heterocycles. The van der Waals surface area contributed by atoms with E-state index in [4.69, 9.17) is 5.73 Å². The van der Waals surface area contributed by atoms with Gasteiger partial charge in [0.15, 0.2) is 0 Å². The summed E-state index contributed by atoms with van der Waals surface area (Å²) in [4.78, 5) is 14.2. The van der Waals surface area contributed by atoms with Gasteiger partial charge in [-0.1, -0.05) is 13.3 Å². The third-order valence-corrected chi connectivity index (χ3v) is 3.85. The molecule has 0 radical (unpaired) electrons. The van der Waals surface area contributed by atoms with Crippen molar-refractivity contribution in [1.29, 1.82) is 0 Å². The highest BCUT2D eigenvalue weighted by atomic mass is 16.1. The second-order valence-electron chi connectivity index (χ2n) is 5.48. The number of amides is 1. The molecular weight excluding hydrogens is 266 g/mol. The van der Waals surface area contributed by atoms with Crippen LogP contribution in [-0.4, -0.2) is 37.1 Å².